The van der Waals surface area contributed by atoms with Gasteiger partial charge < -0.3 is 40.9 Å². The molecule has 0 radical (unpaired) electrons. The highest BCUT2D eigenvalue weighted by Crippen LogP contribution is 2.37. The molecule has 8 nitrogen and oxygen atoms in total. The van der Waals surface area contributed by atoms with Crippen molar-refractivity contribution in [1.29, 1.82) is 0 Å². The largest absolute Gasteiger partial charge is 0.392 e. The van der Waals surface area contributed by atoms with Gasteiger partial charge in [0.15, 0.2) is 5.11 Å². The van der Waals surface area contributed by atoms with E-state index in [1.807, 2.05) is 19.9 Å². The quantitative estimate of drug-likeness (QED) is 0.146. The van der Waals surface area contributed by atoms with Crippen LogP contribution in [0.5, 0.6) is 0 Å². The average molecular weight is 575 g/mol. The minimum absolute atomic E-state index is 0.00635. The summed E-state index contributed by atoms with van der Waals surface area (Å²) in [4.78, 5) is 0. The van der Waals surface area contributed by atoms with Gasteiger partial charge in [0, 0.05) is 12.0 Å². The number of allylic oxidation sites excluding steroid dienone is 1. The highest BCUT2D eigenvalue weighted by molar-refractivity contribution is 7.80. The molecule has 0 fully saturated rings. The Balaban J connectivity index is 3.08. The number of ether oxygens (including phenoxy) is 1. The summed E-state index contributed by atoms with van der Waals surface area (Å²) in [6.07, 6.45) is -0.333. The van der Waals surface area contributed by atoms with Gasteiger partial charge in [0.1, 0.15) is 18.3 Å². The Labute approximate surface area is 242 Å². The second-order valence-corrected chi connectivity index (χ2v) is 15.6. The Morgan fingerprint density at radius 1 is 0.923 bits per heavy atom. The molecule has 1 rings (SSSR count). The average Bonchev–Trinajstić information content (AvgIpc) is 2.71. The third-order valence-corrected chi connectivity index (χ3v) is 7.28. The highest BCUT2D eigenvalue weighted by Gasteiger charge is 2.37. The molecule has 7 unspecified atom stereocenters. The molecule has 0 saturated carbocycles. The Hall–Kier alpha value is -0.810. The number of rotatable bonds is 11. The maximum absolute atomic E-state index is 11.3. The smallest absolute Gasteiger partial charge is 0.167 e. The van der Waals surface area contributed by atoms with Gasteiger partial charge in [-0.15, -0.1) is 0 Å². The highest BCUT2D eigenvalue weighted by atomic mass is 32.1. The topological polar surface area (TPSA) is 134 Å². The molecule has 7 N–H and O–H groups in total. The lowest BCUT2D eigenvalue weighted by molar-refractivity contribution is -0.118. The molecule has 230 valence electrons. The molecule has 0 bridgehead atoms. The molecule has 0 saturated heterocycles. The molecule has 0 aromatic rings. The van der Waals surface area contributed by atoms with Gasteiger partial charge >= 0.3 is 0 Å². The first-order valence-electron chi connectivity index (χ1n) is 14.3. The van der Waals surface area contributed by atoms with Gasteiger partial charge in [0.25, 0.3) is 0 Å². The van der Waals surface area contributed by atoms with E-state index in [1.54, 1.807) is 6.08 Å². The van der Waals surface area contributed by atoms with Crippen LogP contribution in [0.3, 0.4) is 0 Å². The van der Waals surface area contributed by atoms with Crippen LogP contribution in [-0.2, 0) is 4.74 Å². The molecule has 0 aromatic heterocycles. The van der Waals surface area contributed by atoms with Crippen LogP contribution >= 0.6 is 12.2 Å². The van der Waals surface area contributed by atoms with Crippen molar-refractivity contribution in [3.8, 4) is 0 Å². The van der Waals surface area contributed by atoms with Crippen molar-refractivity contribution in [1.82, 2.24) is 10.6 Å². The number of thiocarbonyl (C=S) groups is 1. The van der Waals surface area contributed by atoms with E-state index in [0.29, 0.717) is 18.0 Å². The summed E-state index contributed by atoms with van der Waals surface area (Å²) in [6.45, 7) is 20.9. The van der Waals surface area contributed by atoms with E-state index >= 15 is 0 Å². The predicted molar refractivity (Wildman–Crippen MR) is 161 cm³/mol. The van der Waals surface area contributed by atoms with Crippen molar-refractivity contribution in [2.45, 2.75) is 150 Å². The summed E-state index contributed by atoms with van der Waals surface area (Å²) >= 11 is 5.63. The van der Waals surface area contributed by atoms with Crippen molar-refractivity contribution in [3.05, 3.63) is 12.2 Å². The van der Waals surface area contributed by atoms with Gasteiger partial charge in [-0.3, -0.25) is 0 Å². The molecule has 39 heavy (non-hydrogen) atoms. The molecular formula is C30H58N2O6S. The lowest BCUT2D eigenvalue weighted by Gasteiger charge is -2.39. The lowest BCUT2D eigenvalue weighted by atomic mass is 9.71. The molecule has 0 aliphatic heterocycles. The zero-order valence-corrected chi connectivity index (χ0v) is 26.8. The lowest BCUT2D eigenvalue weighted by Crippen LogP contribution is -2.56. The Bertz CT molecular complexity index is 789. The van der Waals surface area contributed by atoms with Crippen LogP contribution in [0.15, 0.2) is 12.2 Å². The summed E-state index contributed by atoms with van der Waals surface area (Å²) in [5, 5.41) is 60.3. The van der Waals surface area contributed by atoms with Crippen molar-refractivity contribution < 1.29 is 30.3 Å². The fourth-order valence-electron chi connectivity index (χ4n) is 5.90. The third kappa shape index (κ3) is 13.6. The summed E-state index contributed by atoms with van der Waals surface area (Å²) in [5.74, 6) is 0. The molecular weight excluding hydrogens is 516 g/mol. The normalized spacial score (nSPS) is 25.8. The van der Waals surface area contributed by atoms with E-state index < -0.39 is 48.1 Å². The van der Waals surface area contributed by atoms with Crippen LogP contribution < -0.4 is 10.6 Å². The summed E-state index contributed by atoms with van der Waals surface area (Å²) in [7, 11) is 0. The van der Waals surface area contributed by atoms with Crippen molar-refractivity contribution >= 4 is 17.3 Å². The number of aliphatic hydroxyl groups excluding tert-OH is 5. The van der Waals surface area contributed by atoms with Crippen LogP contribution in [0.25, 0.3) is 0 Å². The molecule has 9 heteroatoms. The van der Waals surface area contributed by atoms with E-state index in [-0.39, 0.29) is 29.4 Å². The van der Waals surface area contributed by atoms with Gasteiger partial charge in [-0.05, 0) is 68.0 Å². The summed E-state index contributed by atoms with van der Waals surface area (Å²) in [5.41, 5.74) is -0.669. The molecule has 1 aliphatic carbocycles. The molecule has 7 atom stereocenters. The summed E-state index contributed by atoms with van der Waals surface area (Å²) in [6, 6.07) is -0.705. The Morgan fingerprint density at radius 2 is 1.49 bits per heavy atom. The van der Waals surface area contributed by atoms with Gasteiger partial charge in [-0.25, -0.2) is 0 Å². The van der Waals surface area contributed by atoms with Crippen LogP contribution in [0.2, 0.25) is 0 Å². The summed E-state index contributed by atoms with van der Waals surface area (Å²) < 4.78 is 5.99. The Kier molecular flexibility index (Phi) is 13.4. The number of hydrogen-bond acceptors (Lipinski definition) is 7. The zero-order chi connectivity index (χ0) is 30.4. The fourth-order valence-corrected chi connectivity index (χ4v) is 6.33. The van der Waals surface area contributed by atoms with E-state index in [4.69, 9.17) is 17.0 Å². The first-order valence-corrected chi connectivity index (χ1v) is 14.7. The van der Waals surface area contributed by atoms with Crippen LogP contribution in [-0.4, -0.2) is 85.5 Å². The van der Waals surface area contributed by atoms with Crippen LogP contribution in [0.1, 0.15) is 101 Å². The van der Waals surface area contributed by atoms with E-state index in [2.05, 4.69) is 66.0 Å². The van der Waals surface area contributed by atoms with Gasteiger partial charge in [0.05, 0.1) is 31.0 Å². The second-order valence-electron chi connectivity index (χ2n) is 15.2. The molecule has 1 aliphatic rings. The van der Waals surface area contributed by atoms with Gasteiger partial charge in [-0.1, -0.05) is 67.5 Å². The number of nitrogens with one attached hydrogen (secondary N) is 2. The maximum Gasteiger partial charge on any atom is 0.167 e. The second kappa shape index (κ2) is 14.4. The van der Waals surface area contributed by atoms with E-state index in [0.717, 1.165) is 12.8 Å². The number of hydrogen-bond donors (Lipinski definition) is 7. The fraction of sp³-hybridized carbons (Fsp3) is 0.900. The molecule has 0 aromatic carbocycles. The monoisotopic (exact) mass is 574 g/mol. The SMILES string of the molecule is CC(C)(C)CC(C)(C)NC(=S)NC(COC1C=CCCC(O)C(O)C1O)C(O)CC(O)C(C)(C)CC(C)(C)C. The van der Waals surface area contributed by atoms with Crippen LogP contribution in [0.4, 0.5) is 0 Å². The van der Waals surface area contributed by atoms with E-state index in [9.17, 15) is 25.5 Å². The number of aliphatic hydroxyl groups is 5. The van der Waals surface area contributed by atoms with Crippen LogP contribution in [0, 0.1) is 16.2 Å². The third-order valence-electron chi connectivity index (χ3n) is 7.06. The standard InChI is InChI=1S/C30H58N2O6S/c1-27(2,3)17-29(7,8)23(35)15-21(34)19(31-26(39)32-30(9,10)18-28(4,5)6)16-38-22-14-12-11-13-20(33)24(36)25(22)37/h12,14,19-25,33-37H,11,13,15-18H2,1-10H3,(H2,31,32,39). The minimum atomic E-state index is -1.35. The molecule has 0 heterocycles. The molecule has 0 spiro atoms. The molecule has 0 amide bonds. The Morgan fingerprint density at radius 3 is 2.03 bits per heavy atom. The maximum atomic E-state index is 11.3. The first-order chi connectivity index (χ1) is 17.5. The van der Waals surface area contributed by atoms with Gasteiger partial charge in [-0.2, -0.15) is 0 Å². The van der Waals surface area contributed by atoms with E-state index in [1.165, 1.54) is 0 Å². The zero-order valence-electron chi connectivity index (χ0n) is 26.0. The van der Waals surface area contributed by atoms with Crippen molar-refractivity contribution in [3.63, 3.8) is 0 Å². The first kappa shape index (κ1) is 36.2. The van der Waals surface area contributed by atoms with Gasteiger partial charge in [0.2, 0.25) is 0 Å². The van der Waals surface area contributed by atoms with Crippen molar-refractivity contribution in [2.75, 3.05) is 6.61 Å². The predicted octanol–water partition coefficient (Wildman–Crippen LogP) is 3.43. The van der Waals surface area contributed by atoms with Crippen molar-refractivity contribution in [2.24, 2.45) is 16.2 Å². The minimum Gasteiger partial charge on any atom is -0.392 e.